The van der Waals surface area contributed by atoms with Crippen molar-refractivity contribution in [3.8, 4) is 0 Å². The molecule has 2 aromatic rings. The first-order chi connectivity index (χ1) is 9.98. The highest BCUT2D eigenvalue weighted by Gasteiger charge is 2.38. The summed E-state index contributed by atoms with van der Waals surface area (Å²) in [6.07, 6.45) is -9.50. The summed E-state index contributed by atoms with van der Waals surface area (Å²) in [5.41, 5.74) is -2.02. The molecule has 2 heterocycles. The van der Waals surface area contributed by atoms with Crippen molar-refractivity contribution in [1.82, 2.24) is 9.97 Å². The SMILES string of the molecule is Cc1nc(C(F)(F)F)c(CCc2sc(C)nc2C(F)(F)F)s1. The molecule has 0 fully saturated rings. The van der Waals surface area contributed by atoms with E-state index < -0.39 is 23.7 Å². The Balaban J connectivity index is 2.25. The smallest absolute Gasteiger partial charge is 0.237 e. The number of thiazole rings is 2. The van der Waals surface area contributed by atoms with Gasteiger partial charge in [-0.2, -0.15) is 26.3 Å². The monoisotopic (exact) mass is 360 g/mol. The van der Waals surface area contributed by atoms with Crippen LogP contribution in [0.1, 0.15) is 31.2 Å². The topological polar surface area (TPSA) is 25.8 Å². The lowest BCUT2D eigenvalue weighted by molar-refractivity contribution is -0.142. The van der Waals surface area contributed by atoms with Crippen molar-refractivity contribution in [2.45, 2.75) is 39.0 Å². The molecule has 122 valence electrons. The maximum absolute atomic E-state index is 12.8. The van der Waals surface area contributed by atoms with Crippen LogP contribution < -0.4 is 0 Å². The van der Waals surface area contributed by atoms with Crippen molar-refractivity contribution in [2.24, 2.45) is 0 Å². The molecule has 0 amide bonds. The number of hydrogen-bond acceptors (Lipinski definition) is 4. The molecule has 0 aliphatic heterocycles. The van der Waals surface area contributed by atoms with Crippen LogP contribution in [0.15, 0.2) is 0 Å². The molecule has 2 aromatic heterocycles. The highest BCUT2D eigenvalue weighted by atomic mass is 32.1. The lowest BCUT2D eigenvalue weighted by atomic mass is 10.2. The van der Waals surface area contributed by atoms with Gasteiger partial charge in [-0.15, -0.1) is 22.7 Å². The first-order valence-electron chi connectivity index (χ1n) is 6.05. The minimum Gasteiger partial charge on any atom is -0.237 e. The molecule has 0 unspecified atom stereocenters. The number of alkyl halides is 6. The maximum atomic E-state index is 12.8. The van der Waals surface area contributed by atoms with Crippen LogP contribution in [0.25, 0.3) is 0 Å². The first-order valence-corrected chi connectivity index (χ1v) is 7.68. The summed E-state index contributed by atoms with van der Waals surface area (Å²) in [7, 11) is 0. The summed E-state index contributed by atoms with van der Waals surface area (Å²) in [5, 5.41) is 0.470. The molecule has 0 atom stereocenters. The second-order valence-corrected chi connectivity index (χ2v) is 7.08. The molecule has 0 aliphatic carbocycles. The van der Waals surface area contributed by atoms with Crippen LogP contribution in [-0.2, 0) is 25.2 Å². The lowest BCUT2D eigenvalue weighted by Gasteiger charge is -2.07. The highest BCUT2D eigenvalue weighted by Crippen LogP contribution is 2.37. The van der Waals surface area contributed by atoms with Crippen LogP contribution in [0, 0.1) is 13.8 Å². The Morgan fingerprint density at radius 1 is 0.727 bits per heavy atom. The lowest BCUT2D eigenvalue weighted by Crippen LogP contribution is -2.11. The maximum Gasteiger partial charge on any atom is 0.434 e. The van der Waals surface area contributed by atoms with Gasteiger partial charge in [0.25, 0.3) is 0 Å². The van der Waals surface area contributed by atoms with E-state index in [1.165, 1.54) is 13.8 Å². The molecule has 22 heavy (non-hydrogen) atoms. The van der Waals surface area contributed by atoms with Crippen molar-refractivity contribution < 1.29 is 26.3 Å². The van der Waals surface area contributed by atoms with Crippen LogP contribution in [0.5, 0.6) is 0 Å². The number of aromatic nitrogens is 2. The molecule has 0 N–H and O–H groups in total. The van der Waals surface area contributed by atoms with E-state index in [1.54, 1.807) is 0 Å². The second-order valence-electron chi connectivity index (χ2n) is 4.50. The first kappa shape index (κ1) is 17.2. The molecule has 2 nitrogen and oxygen atoms in total. The molecule has 2 rings (SSSR count). The Morgan fingerprint density at radius 2 is 1.05 bits per heavy atom. The van der Waals surface area contributed by atoms with Gasteiger partial charge in [-0.1, -0.05) is 0 Å². The predicted octanol–water partition coefficient (Wildman–Crippen LogP) is 5.04. The minimum absolute atomic E-state index is 0.0517. The number of hydrogen-bond donors (Lipinski definition) is 0. The normalized spacial score (nSPS) is 12.9. The van der Waals surface area contributed by atoms with E-state index in [0.717, 1.165) is 22.7 Å². The van der Waals surface area contributed by atoms with Crippen LogP contribution >= 0.6 is 22.7 Å². The van der Waals surface area contributed by atoms with Gasteiger partial charge in [0.2, 0.25) is 0 Å². The van der Waals surface area contributed by atoms with Crippen molar-refractivity contribution in [2.75, 3.05) is 0 Å². The average Bonchev–Trinajstić information content (AvgIpc) is 2.88. The zero-order chi connectivity index (χ0) is 16.7. The molecule has 10 heteroatoms. The van der Waals surface area contributed by atoms with Gasteiger partial charge in [-0.05, 0) is 26.7 Å². The van der Waals surface area contributed by atoms with Crippen molar-refractivity contribution in [3.05, 3.63) is 31.2 Å². The number of aryl methyl sites for hydroxylation is 4. The van der Waals surface area contributed by atoms with E-state index in [0.29, 0.717) is 0 Å². The molecule has 0 saturated heterocycles. The fourth-order valence-corrected chi connectivity index (χ4v) is 3.86. The molecule has 0 aromatic carbocycles. The van der Waals surface area contributed by atoms with Crippen molar-refractivity contribution in [3.63, 3.8) is 0 Å². The molecule has 0 aliphatic rings. The number of nitrogens with zero attached hydrogens (tertiary/aromatic N) is 2. The summed E-state index contributed by atoms with van der Waals surface area (Å²) in [6.45, 7) is 2.86. The Bertz CT molecular complexity index is 610. The van der Waals surface area contributed by atoms with Crippen LogP contribution in [0.3, 0.4) is 0 Å². The van der Waals surface area contributed by atoms with Crippen LogP contribution in [-0.4, -0.2) is 9.97 Å². The summed E-state index contributed by atoms with van der Waals surface area (Å²) >= 11 is 1.70. The average molecular weight is 360 g/mol. The van der Waals surface area contributed by atoms with E-state index in [2.05, 4.69) is 9.97 Å². The quantitative estimate of drug-likeness (QED) is 0.717. The van der Waals surface area contributed by atoms with E-state index in [4.69, 9.17) is 0 Å². The van der Waals surface area contributed by atoms with Crippen LogP contribution in [0.4, 0.5) is 26.3 Å². The zero-order valence-electron chi connectivity index (χ0n) is 11.4. The fraction of sp³-hybridized carbons (Fsp3) is 0.500. The summed E-state index contributed by atoms with van der Waals surface area (Å²) in [4.78, 5) is 6.76. The molecule has 0 spiro atoms. The second kappa shape index (κ2) is 5.80. The summed E-state index contributed by atoms with van der Waals surface area (Å²) in [5.74, 6) is 0. The molecule has 0 radical (unpaired) electrons. The van der Waals surface area contributed by atoms with Gasteiger partial charge in [0.15, 0.2) is 11.4 Å². The van der Waals surface area contributed by atoms with Gasteiger partial charge < -0.3 is 0 Å². The molecule has 0 bridgehead atoms. The van der Waals surface area contributed by atoms with Gasteiger partial charge in [-0.3, -0.25) is 0 Å². The standard InChI is InChI=1S/C12H10F6N2S2/c1-5-19-9(11(13,14)15)7(21-5)3-4-8-10(12(16,17)18)20-6(2)22-8/h3-4H2,1-2H3. The van der Waals surface area contributed by atoms with Gasteiger partial charge in [0.1, 0.15) is 0 Å². The third-order valence-electron chi connectivity index (χ3n) is 2.72. The van der Waals surface area contributed by atoms with Gasteiger partial charge >= 0.3 is 12.4 Å². The fourth-order valence-electron chi connectivity index (χ4n) is 1.95. The van der Waals surface area contributed by atoms with Crippen molar-refractivity contribution >= 4 is 22.7 Å². The molecular formula is C12H10F6N2S2. The van der Waals surface area contributed by atoms with Crippen LogP contribution in [0.2, 0.25) is 0 Å². The molecule has 0 saturated carbocycles. The Morgan fingerprint density at radius 3 is 1.32 bits per heavy atom. The Hall–Kier alpha value is -1.16. The number of rotatable bonds is 3. The van der Waals surface area contributed by atoms with Crippen molar-refractivity contribution in [1.29, 1.82) is 0 Å². The highest BCUT2D eigenvalue weighted by molar-refractivity contribution is 7.12. The number of halogens is 6. The Labute approximate surface area is 129 Å². The third kappa shape index (κ3) is 3.78. The largest absolute Gasteiger partial charge is 0.434 e. The van der Waals surface area contributed by atoms with E-state index in [9.17, 15) is 26.3 Å². The summed E-state index contributed by atoms with van der Waals surface area (Å²) in [6, 6.07) is 0. The molecular weight excluding hydrogens is 350 g/mol. The minimum atomic E-state index is -4.60. The van der Waals surface area contributed by atoms with E-state index >= 15 is 0 Å². The van der Waals surface area contributed by atoms with E-state index in [-0.39, 0.29) is 32.6 Å². The van der Waals surface area contributed by atoms with E-state index in [1.807, 2.05) is 0 Å². The summed E-state index contributed by atoms with van der Waals surface area (Å²) < 4.78 is 76.9. The third-order valence-corrected chi connectivity index (χ3v) is 4.79. The van der Waals surface area contributed by atoms with Gasteiger partial charge in [0.05, 0.1) is 10.0 Å². The zero-order valence-corrected chi connectivity index (χ0v) is 13.0. The van der Waals surface area contributed by atoms with Gasteiger partial charge in [0, 0.05) is 9.75 Å². The van der Waals surface area contributed by atoms with Gasteiger partial charge in [-0.25, -0.2) is 9.97 Å². The predicted molar refractivity (Wildman–Crippen MR) is 71.1 cm³/mol. The Kier molecular flexibility index (Phi) is 4.54.